The zero-order valence-corrected chi connectivity index (χ0v) is 23.8. The molecule has 0 unspecified atom stereocenters. The van der Waals surface area contributed by atoms with Crippen LogP contribution in [0.15, 0.2) is 77.3 Å². The van der Waals surface area contributed by atoms with E-state index in [0.717, 1.165) is 33.2 Å². The number of carbonyl (C=O) groups is 1. The number of piperazine rings is 1. The van der Waals surface area contributed by atoms with Gasteiger partial charge in [0.15, 0.2) is 0 Å². The van der Waals surface area contributed by atoms with E-state index >= 15 is 0 Å². The van der Waals surface area contributed by atoms with Crippen LogP contribution in [0.25, 0.3) is 22.2 Å². The summed E-state index contributed by atoms with van der Waals surface area (Å²) in [6.07, 6.45) is 0. The predicted molar refractivity (Wildman–Crippen MR) is 157 cm³/mol. The summed E-state index contributed by atoms with van der Waals surface area (Å²) in [7, 11) is 0. The minimum absolute atomic E-state index is 0.0634. The molecule has 0 spiro atoms. The molecule has 4 aromatic rings. The lowest BCUT2D eigenvalue weighted by Crippen LogP contribution is -2.53. The molecule has 1 aliphatic heterocycles. The van der Waals surface area contributed by atoms with Crippen molar-refractivity contribution in [1.29, 1.82) is 0 Å². The van der Waals surface area contributed by atoms with Crippen molar-refractivity contribution < 1.29 is 4.79 Å². The summed E-state index contributed by atoms with van der Waals surface area (Å²) in [5, 5.41) is 0.878. The van der Waals surface area contributed by atoms with E-state index in [1.807, 2.05) is 29.2 Å². The van der Waals surface area contributed by atoms with Crippen molar-refractivity contribution in [3.63, 3.8) is 0 Å². The second kappa shape index (κ2) is 9.94. The van der Waals surface area contributed by atoms with Gasteiger partial charge in [-0.1, -0.05) is 78.7 Å². The fraction of sp³-hybridized carbons (Fsp3) is 0.312. The summed E-state index contributed by atoms with van der Waals surface area (Å²) in [5.74, 6) is 0.0634. The first kappa shape index (κ1) is 25.5. The third kappa shape index (κ3) is 5.28. The highest BCUT2D eigenvalue weighted by atomic mass is 79.9. The topological polar surface area (TPSA) is 36.4 Å². The van der Waals surface area contributed by atoms with Crippen molar-refractivity contribution in [1.82, 2.24) is 9.88 Å². The van der Waals surface area contributed by atoms with Gasteiger partial charge >= 0.3 is 0 Å². The quantitative estimate of drug-likeness (QED) is 0.261. The number of hydrogen-bond donors (Lipinski definition) is 0. The molecule has 1 amide bonds. The molecule has 5 heteroatoms. The smallest absolute Gasteiger partial charge is 0.254 e. The number of nitrogens with zero attached hydrogens (tertiary/aromatic N) is 3. The van der Waals surface area contributed by atoms with E-state index in [9.17, 15) is 4.79 Å². The van der Waals surface area contributed by atoms with Crippen molar-refractivity contribution in [2.45, 2.75) is 46.1 Å². The number of aromatic nitrogens is 1. The molecular formula is C32H34BrN3O. The summed E-state index contributed by atoms with van der Waals surface area (Å²) >= 11 is 3.59. The zero-order chi connectivity index (χ0) is 26.3. The number of hydrogen-bond acceptors (Lipinski definition) is 3. The van der Waals surface area contributed by atoms with Gasteiger partial charge in [0.1, 0.15) is 0 Å². The summed E-state index contributed by atoms with van der Waals surface area (Å²) in [5.41, 5.74) is 7.20. The van der Waals surface area contributed by atoms with Gasteiger partial charge in [-0.2, -0.15) is 0 Å². The third-order valence-electron chi connectivity index (χ3n) is 7.33. The number of carbonyl (C=O) groups excluding carboxylic acids is 1. The molecule has 0 radical (unpaired) electrons. The van der Waals surface area contributed by atoms with Crippen LogP contribution in [-0.4, -0.2) is 41.5 Å². The van der Waals surface area contributed by atoms with E-state index in [0.29, 0.717) is 18.7 Å². The molecule has 3 aromatic carbocycles. The Morgan fingerprint density at radius 3 is 2.30 bits per heavy atom. The Hall–Kier alpha value is -3.18. The molecule has 0 saturated carbocycles. The minimum Gasteiger partial charge on any atom is -0.365 e. The average molecular weight is 557 g/mol. The van der Waals surface area contributed by atoms with Crippen LogP contribution in [0.5, 0.6) is 0 Å². The van der Waals surface area contributed by atoms with Crippen LogP contribution in [-0.2, 0) is 5.41 Å². The predicted octanol–water partition coefficient (Wildman–Crippen LogP) is 7.62. The molecule has 0 N–H and O–H groups in total. The fourth-order valence-electron chi connectivity index (χ4n) is 5.10. The number of benzene rings is 3. The molecule has 190 valence electrons. The van der Waals surface area contributed by atoms with Gasteiger partial charge in [-0.15, -0.1) is 0 Å². The van der Waals surface area contributed by atoms with Crippen LogP contribution in [0.1, 0.15) is 49.2 Å². The Kier molecular flexibility index (Phi) is 6.84. The number of amides is 1. The van der Waals surface area contributed by atoms with Crippen LogP contribution in [0, 0.1) is 6.92 Å². The molecule has 4 nitrogen and oxygen atoms in total. The van der Waals surface area contributed by atoms with E-state index in [1.54, 1.807) is 0 Å². The van der Waals surface area contributed by atoms with Gasteiger partial charge in [0.05, 0.1) is 16.8 Å². The second-order valence-corrected chi connectivity index (χ2v) is 12.1. The monoisotopic (exact) mass is 555 g/mol. The number of pyridine rings is 1. The van der Waals surface area contributed by atoms with Crippen molar-refractivity contribution >= 4 is 38.4 Å². The lowest BCUT2D eigenvalue weighted by atomic mass is 9.86. The summed E-state index contributed by atoms with van der Waals surface area (Å²) in [4.78, 5) is 23.3. The summed E-state index contributed by atoms with van der Waals surface area (Å²) in [6.45, 7) is 13.1. The highest BCUT2D eigenvalue weighted by Gasteiger charge is 2.29. The van der Waals surface area contributed by atoms with Gasteiger partial charge in [0, 0.05) is 46.8 Å². The number of halogens is 1. The molecule has 1 saturated heterocycles. The SMILES string of the molecule is Cc1ccc(N2CCN(C(=O)c3cc(-c4ccc(C(C)(C)C)cc4)nc4ccc(Br)cc34)C[C@@H]2C)cc1. The fourth-order valence-corrected chi connectivity index (χ4v) is 5.46. The largest absolute Gasteiger partial charge is 0.365 e. The molecule has 2 heterocycles. The van der Waals surface area contributed by atoms with E-state index in [2.05, 4.69) is 104 Å². The van der Waals surface area contributed by atoms with E-state index in [4.69, 9.17) is 4.98 Å². The molecule has 1 aromatic heterocycles. The number of fused-ring (bicyclic) bond motifs is 1. The molecule has 0 aliphatic carbocycles. The summed E-state index contributed by atoms with van der Waals surface area (Å²) < 4.78 is 0.940. The van der Waals surface area contributed by atoms with Crippen molar-refractivity contribution in [2.75, 3.05) is 24.5 Å². The van der Waals surface area contributed by atoms with Crippen molar-refractivity contribution in [3.05, 3.63) is 94.0 Å². The molecule has 1 atom stereocenters. The summed E-state index contributed by atoms with van der Waals surface area (Å²) in [6, 6.07) is 25.4. The lowest BCUT2D eigenvalue weighted by molar-refractivity contribution is 0.0728. The maximum absolute atomic E-state index is 14.0. The van der Waals surface area contributed by atoms with Gasteiger partial charge < -0.3 is 9.80 Å². The highest BCUT2D eigenvalue weighted by Crippen LogP contribution is 2.31. The first-order chi connectivity index (χ1) is 17.6. The highest BCUT2D eigenvalue weighted by molar-refractivity contribution is 9.10. The number of rotatable bonds is 3. The van der Waals surface area contributed by atoms with Crippen molar-refractivity contribution in [2.24, 2.45) is 0 Å². The van der Waals surface area contributed by atoms with Gasteiger partial charge in [-0.3, -0.25) is 4.79 Å². The molecule has 1 fully saturated rings. The number of anilines is 1. The van der Waals surface area contributed by atoms with Crippen LogP contribution < -0.4 is 4.90 Å². The Morgan fingerprint density at radius 2 is 1.65 bits per heavy atom. The minimum atomic E-state index is 0.0634. The van der Waals surface area contributed by atoms with Crippen LogP contribution >= 0.6 is 15.9 Å². The average Bonchev–Trinajstić information content (AvgIpc) is 2.88. The van der Waals surface area contributed by atoms with Crippen LogP contribution in [0.3, 0.4) is 0 Å². The maximum Gasteiger partial charge on any atom is 0.254 e. The number of aryl methyl sites for hydroxylation is 1. The van der Waals surface area contributed by atoms with Gasteiger partial charge in [-0.25, -0.2) is 4.98 Å². The Bertz CT molecular complexity index is 1440. The van der Waals surface area contributed by atoms with Crippen LogP contribution in [0.2, 0.25) is 0 Å². The van der Waals surface area contributed by atoms with E-state index < -0.39 is 0 Å². The standard InChI is InChI=1S/C32H34BrN3O/c1-21-6-13-26(14-7-21)36-17-16-35(20-22(36)2)31(37)28-19-30(34-29-15-12-25(33)18-27(28)29)23-8-10-24(11-9-23)32(3,4)5/h6-15,18-19,22H,16-17,20H2,1-5H3/t22-/m0/s1. The molecule has 37 heavy (non-hydrogen) atoms. The normalized spacial score (nSPS) is 16.3. The Morgan fingerprint density at radius 1 is 0.946 bits per heavy atom. The zero-order valence-electron chi connectivity index (χ0n) is 22.3. The van der Waals surface area contributed by atoms with Crippen LogP contribution in [0.4, 0.5) is 5.69 Å². The van der Waals surface area contributed by atoms with Crippen molar-refractivity contribution in [3.8, 4) is 11.3 Å². The molecule has 5 rings (SSSR count). The Labute approximate surface area is 228 Å². The Balaban J connectivity index is 1.47. The molecule has 1 aliphatic rings. The van der Waals surface area contributed by atoms with Gasteiger partial charge in [-0.05, 0) is 61.2 Å². The second-order valence-electron chi connectivity index (χ2n) is 11.2. The first-order valence-electron chi connectivity index (χ1n) is 12.9. The van der Waals surface area contributed by atoms with E-state index in [1.165, 1.54) is 16.8 Å². The van der Waals surface area contributed by atoms with Gasteiger partial charge in [0.2, 0.25) is 0 Å². The third-order valence-corrected chi connectivity index (χ3v) is 7.82. The van der Waals surface area contributed by atoms with Gasteiger partial charge in [0.25, 0.3) is 5.91 Å². The lowest BCUT2D eigenvalue weighted by Gasteiger charge is -2.41. The molecular weight excluding hydrogens is 522 g/mol. The van der Waals surface area contributed by atoms with E-state index in [-0.39, 0.29) is 17.4 Å². The first-order valence-corrected chi connectivity index (χ1v) is 13.7. The maximum atomic E-state index is 14.0. The molecule has 0 bridgehead atoms.